The molecule has 0 atom stereocenters. The highest BCUT2D eigenvalue weighted by molar-refractivity contribution is 5.84. The van der Waals surface area contributed by atoms with Crippen molar-refractivity contribution in [2.75, 3.05) is 6.54 Å². The van der Waals surface area contributed by atoms with Crippen molar-refractivity contribution in [2.24, 2.45) is 0 Å². The number of tetrazole rings is 1. The monoisotopic (exact) mass is 331 g/mol. The average molecular weight is 331 g/mol. The zero-order valence-corrected chi connectivity index (χ0v) is 14.5. The quantitative estimate of drug-likeness (QED) is 0.571. The van der Waals surface area contributed by atoms with E-state index in [4.69, 9.17) is 0 Å². The highest BCUT2D eigenvalue weighted by Crippen LogP contribution is 2.22. The number of nitrogens with zero attached hydrogens (tertiary/aromatic N) is 4. The Morgan fingerprint density at radius 1 is 1.00 bits per heavy atom. The lowest BCUT2D eigenvalue weighted by molar-refractivity contribution is 0.687. The number of pyridine rings is 1. The molecule has 0 bridgehead atoms. The van der Waals surface area contributed by atoms with Crippen molar-refractivity contribution in [3.8, 4) is 0 Å². The second-order valence-electron chi connectivity index (χ2n) is 6.49. The first kappa shape index (κ1) is 15.7. The normalized spacial score (nSPS) is 11.4. The van der Waals surface area contributed by atoms with Crippen molar-refractivity contribution in [3.05, 3.63) is 70.8 Å². The summed E-state index contributed by atoms with van der Waals surface area (Å²) in [7, 11) is 0. The van der Waals surface area contributed by atoms with E-state index in [1.54, 1.807) is 0 Å². The van der Waals surface area contributed by atoms with E-state index in [0.717, 1.165) is 36.2 Å². The van der Waals surface area contributed by atoms with Crippen LogP contribution in [0.15, 0.2) is 48.5 Å². The van der Waals surface area contributed by atoms with E-state index in [0.29, 0.717) is 0 Å². The number of aromatic nitrogens is 4. The molecule has 0 saturated carbocycles. The van der Waals surface area contributed by atoms with E-state index >= 15 is 0 Å². The molecule has 4 aromatic rings. The molecule has 0 spiro atoms. The van der Waals surface area contributed by atoms with Gasteiger partial charge in [0.25, 0.3) is 0 Å². The molecule has 5 nitrogen and oxygen atoms in total. The molecule has 126 valence electrons. The van der Waals surface area contributed by atoms with Crippen LogP contribution in [0.4, 0.5) is 0 Å². The Hall–Kier alpha value is -2.79. The first-order chi connectivity index (χ1) is 12.2. The standard InChI is InChI=1S/C20H21N5/c1-14-10-17-12-18(13-21-9-8-16-6-4-3-5-7-16)20-22-23-24-25(20)19(17)11-15(14)2/h3-7,10-12,21H,8-9,13H2,1-2H3. The predicted octanol–water partition coefficient (Wildman–Crippen LogP) is 3.23. The van der Waals surface area contributed by atoms with Gasteiger partial charge in [-0.05, 0) is 72.1 Å². The molecular formula is C20H21N5. The van der Waals surface area contributed by atoms with Gasteiger partial charge < -0.3 is 5.32 Å². The number of hydrogen-bond acceptors (Lipinski definition) is 4. The minimum absolute atomic E-state index is 0.750. The van der Waals surface area contributed by atoms with Gasteiger partial charge in [0.05, 0.1) is 5.52 Å². The lowest BCUT2D eigenvalue weighted by Crippen LogP contribution is -2.17. The van der Waals surface area contributed by atoms with E-state index in [-0.39, 0.29) is 0 Å². The first-order valence-electron chi connectivity index (χ1n) is 8.58. The first-order valence-corrected chi connectivity index (χ1v) is 8.58. The molecule has 4 rings (SSSR count). The van der Waals surface area contributed by atoms with Gasteiger partial charge >= 0.3 is 0 Å². The van der Waals surface area contributed by atoms with Crippen molar-refractivity contribution in [2.45, 2.75) is 26.8 Å². The topological polar surface area (TPSA) is 55.1 Å². The Kier molecular flexibility index (Phi) is 4.15. The van der Waals surface area contributed by atoms with Gasteiger partial charge in [-0.15, -0.1) is 5.10 Å². The molecule has 0 saturated heterocycles. The largest absolute Gasteiger partial charge is 0.312 e. The minimum Gasteiger partial charge on any atom is -0.312 e. The Morgan fingerprint density at radius 3 is 2.64 bits per heavy atom. The molecule has 1 N–H and O–H groups in total. The molecule has 25 heavy (non-hydrogen) atoms. The third-order valence-corrected chi connectivity index (χ3v) is 4.71. The summed E-state index contributed by atoms with van der Waals surface area (Å²) in [4.78, 5) is 0. The zero-order valence-electron chi connectivity index (χ0n) is 14.5. The molecule has 2 heterocycles. The van der Waals surface area contributed by atoms with Gasteiger partial charge in [0.2, 0.25) is 0 Å². The third kappa shape index (κ3) is 3.10. The van der Waals surface area contributed by atoms with Gasteiger partial charge in [-0.3, -0.25) is 0 Å². The molecule has 5 heteroatoms. The molecule has 0 unspecified atom stereocenters. The summed E-state index contributed by atoms with van der Waals surface area (Å²) in [6, 6.07) is 17.1. The SMILES string of the molecule is Cc1cc2cc(CNCCc3ccccc3)c3nnnn3c2cc1C. The second kappa shape index (κ2) is 6.61. The van der Waals surface area contributed by atoms with Gasteiger partial charge in [-0.2, -0.15) is 4.52 Å². The fourth-order valence-corrected chi connectivity index (χ4v) is 3.15. The molecule has 0 fully saturated rings. The Bertz CT molecular complexity index is 1020. The van der Waals surface area contributed by atoms with Crippen LogP contribution in [0.1, 0.15) is 22.3 Å². The number of hydrogen-bond donors (Lipinski definition) is 1. The summed E-state index contributed by atoms with van der Waals surface area (Å²) >= 11 is 0. The number of benzene rings is 2. The summed E-state index contributed by atoms with van der Waals surface area (Å²) in [5.74, 6) is 0. The van der Waals surface area contributed by atoms with Crippen LogP contribution in [0.25, 0.3) is 16.6 Å². The maximum atomic E-state index is 4.22. The summed E-state index contributed by atoms with van der Waals surface area (Å²) in [6.45, 7) is 5.92. The highest BCUT2D eigenvalue weighted by atomic mass is 15.5. The summed E-state index contributed by atoms with van der Waals surface area (Å²) in [5.41, 5.74) is 6.86. The second-order valence-corrected chi connectivity index (χ2v) is 6.49. The lowest BCUT2D eigenvalue weighted by Gasteiger charge is -2.10. The lowest BCUT2D eigenvalue weighted by atomic mass is 10.0. The van der Waals surface area contributed by atoms with Crippen LogP contribution in [0.5, 0.6) is 0 Å². The van der Waals surface area contributed by atoms with Crippen molar-refractivity contribution in [3.63, 3.8) is 0 Å². The van der Waals surface area contributed by atoms with Gasteiger partial charge in [-0.1, -0.05) is 30.3 Å². The van der Waals surface area contributed by atoms with Crippen LogP contribution in [0, 0.1) is 13.8 Å². The number of nitrogens with one attached hydrogen (secondary N) is 1. The maximum absolute atomic E-state index is 4.22. The van der Waals surface area contributed by atoms with E-state index < -0.39 is 0 Å². The molecule has 0 aliphatic heterocycles. The average Bonchev–Trinajstić information content (AvgIpc) is 3.11. The Morgan fingerprint density at radius 2 is 1.80 bits per heavy atom. The van der Waals surface area contributed by atoms with Crippen molar-refractivity contribution >= 4 is 16.6 Å². The number of aryl methyl sites for hydroxylation is 2. The van der Waals surface area contributed by atoms with E-state index in [1.807, 2.05) is 10.6 Å². The molecule has 2 aromatic heterocycles. The zero-order chi connectivity index (χ0) is 17.2. The predicted molar refractivity (Wildman–Crippen MR) is 99.6 cm³/mol. The van der Waals surface area contributed by atoms with E-state index in [9.17, 15) is 0 Å². The summed E-state index contributed by atoms with van der Waals surface area (Å²) < 4.78 is 1.84. The Labute approximate surface area is 146 Å². The number of rotatable bonds is 5. The van der Waals surface area contributed by atoms with E-state index in [2.05, 4.69) is 77.2 Å². The summed E-state index contributed by atoms with van der Waals surface area (Å²) in [5, 5.41) is 17.0. The van der Waals surface area contributed by atoms with Crippen LogP contribution in [0.2, 0.25) is 0 Å². The highest BCUT2D eigenvalue weighted by Gasteiger charge is 2.10. The smallest absolute Gasteiger partial charge is 0.184 e. The van der Waals surface area contributed by atoms with E-state index in [1.165, 1.54) is 22.1 Å². The minimum atomic E-state index is 0.750. The molecule has 0 radical (unpaired) electrons. The Balaban J connectivity index is 1.58. The van der Waals surface area contributed by atoms with Gasteiger partial charge in [-0.25, -0.2) is 0 Å². The van der Waals surface area contributed by atoms with Crippen molar-refractivity contribution in [1.82, 2.24) is 25.4 Å². The molecule has 2 aromatic carbocycles. The van der Waals surface area contributed by atoms with Crippen molar-refractivity contribution < 1.29 is 0 Å². The van der Waals surface area contributed by atoms with Gasteiger partial charge in [0.15, 0.2) is 5.65 Å². The number of fused-ring (bicyclic) bond motifs is 3. The van der Waals surface area contributed by atoms with Crippen molar-refractivity contribution in [1.29, 1.82) is 0 Å². The summed E-state index contributed by atoms with van der Waals surface area (Å²) in [6.07, 6.45) is 1.01. The van der Waals surface area contributed by atoms with Gasteiger partial charge in [0.1, 0.15) is 0 Å². The molecule has 0 aliphatic carbocycles. The van der Waals surface area contributed by atoms with Gasteiger partial charge in [0, 0.05) is 17.5 Å². The fourth-order valence-electron chi connectivity index (χ4n) is 3.15. The molecule has 0 aliphatic rings. The van der Waals surface area contributed by atoms with Crippen LogP contribution in [-0.2, 0) is 13.0 Å². The van der Waals surface area contributed by atoms with Crippen LogP contribution >= 0.6 is 0 Å². The third-order valence-electron chi connectivity index (χ3n) is 4.71. The molecular weight excluding hydrogens is 310 g/mol. The fraction of sp³-hybridized carbons (Fsp3) is 0.250. The van der Waals surface area contributed by atoms with Crippen LogP contribution in [-0.4, -0.2) is 26.6 Å². The molecule has 0 amide bonds. The van der Waals surface area contributed by atoms with Crippen LogP contribution in [0.3, 0.4) is 0 Å². The van der Waals surface area contributed by atoms with Crippen LogP contribution < -0.4 is 5.32 Å². The maximum Gasteiger partial charge on any atom is 0.184 e.